The Morgan fingerprint density at radius 1 is 1.40 bits per heavy atom. The quantitative estimate of drug-likeness (QED) is 0.591. The molecule has 0 aliphatic carbocycles. The van der Waals surface area contributed by atoms with E-state index in [1.807, 2.05) is 0 Å². The second-order valence-corrected chi connectivity index (χ2v) is 5.39. The van der Waals surface area contributed by atoms with E-state index in [0.717, 1.165) is 12.3 Å². The molecule has 1 heterocycles. The van der Waals surface area contributed by atoms with Gasteiger partial charge in [-0.15, -0.1) is 0 Å². The number of aliphatic carboxylic acids is 1. The molecule has 0 aliphatic heterocycles. The summed E-state index contributed by atoms with van der Waals surface area (Å²) in [6.45, 7) is -0.395. The summed E-state index contributed by atoms with van der Waals surface area (Å²) in [5.74, 6) is -1.64. The van der Waals surface area contributed by atoms with Gasteiger partial charge in [-0.1, -0.05) is 0 Å². The van der Waals surface area contributed by atoms with Crippen molar-refractivity contribution in [2.24, 2.45) is 0 Å². The summed E-state index contributed by atoms with van der Waals surface area (Å²) < 4.78 is 25.8. The Morgan fingerprint density at radius 2 is 2.10 bits per heavy atom. The van der Waals surface area contributed by atoms with Crippen molar-refractivity contribution in [3.8, 4) is 0 Å². The largest absolute Gasteiger partial charge is 0.478 e. The van der Waals surface area contributed by atoms with Crippen LogP contribution >= 0.6 is 0 Å². The highest BCUT2D eigenvalue weighted by atomic mass is 32.2. The lowest BCUT2D eigenvalue weighted by Gasteiger charge is -2.06. The lowest BCUT2D eigenvalue weighted by Crippen LogP contribution is -2.35. The summed E-state index contributed by atoms with van der Waals surface area (Å²) in [5, 5.41) is 10.8. The van der Waals surface area contributed by atoms with Gasteiger partial charge in [0.15, 0.2) is 0 Å². The summed E-state index contributed by atoms with van der Waals surface area (Å²) in [6, 6.07) is 1.25. The minimum atomic E-state index is -3.88. The molecule has 0 unspecified atom stereocenters. The summed E-state index contributed by atoms with van der Waals surface area (Å²) in [6.07, 6.45) is 4.50. The number of rotatable bonds is 6. The number of nitrogens with zero attached hydrogens (tertiary/aromatic N) is 1. The summed E-state index contributed by atoms with van der Waals surface area (Å²) in [4.78, 5) is 24.9. The molecule has 0 atom stereocenters. The normalized spacial score (nSPS) is 11.4. The van der Waals surface area contributed by atoms with Crippen molar-refractivity contribution < 1.29 is 23.1 Å². The average Bonchev–Trinajstić information content (AvgIpc) is 2.43. The van der Waals surface area contributed by atoms with Crippen molar-refractivity contribution >= 4 is 28.0 Å². The first-order valence-corrected chi connectivity index (χ1v) is 6.90. The summed E-state index contributed by atoms with van der Waals surface area (Å²) in [7, 11) is -2.50. The van der Waals surface area contributed by atoms with Crippen LogP contribution in [0.1, 0.15) is 5.56 Å². The van der Waals surface area contributed by atoms with Crippen molar-refractivity contribution in [2.45, 2.75) is 4.90 Å². The van der Waals surface area contributed by atoms with Crippen LogP contribution in [-0.4, -0.2) is 44.0 Å². The van der Waals surface area contributed by atoms with E-state index in [9.17, 15) is 18.0 Å². The fourth-order valence-corrected chi connectivity index (χ4v) is 2.15. The molecular formula is C11H13N3O5S. The molecule has 1 aromatic rings. The highest BCUT2D eigenvalue weighted by Crippen LogP contribution is 2.10. The SMILES string of the molecule is CNC(=O)CNS(=O)(=O)c1cncc(C=CC(=O)O)c1. The summed E-state index contributed by atoms with van der Waals surface area (Å²) in [5.41, 5.74) is 0.315. The first-order chi connectivity index (χ1) is 9.35. The number of aromatic nitrogens is 1. The maximum absolute atomic E-state index is 11.9. The molecular weight excluding hydrogens is 286 g/mol. The Kier molecular flexibility index (Phi) is 5.35. The molecule has 0 radical (unpaired) electrons. The van der Waals surface area contributed by atoms with Crippen LogP contribution in [0.5, 0.6) is 0 Å². The second-order valence-electron chi connectivity index (χ2n) is 3.62. The topological polar surface area (TPSA) is 125 Å². The molecule has 8 nitrogen and oxygen atoms in total. The number of carbonyl (C=O) groups excluding carboxylic acids is 1. The molecule has 1 aromatic heterocycles. The molecule has 0 fully saturated rings. The lowest BCUT2D eigenvalue weighted by molar-refractivity contribution is -0.131. The van der Waals surface area contributed by atoms with Gasteiger partial charge in [-0.05, 0) is 17.7 Å². The smallest absolute Gasteiger partial charge is 0.328 e. The minimum absolute atomic E-state index is 0.158. The fourth-order valence-electron chi connectivity index (χ4n) is 1.17. The van der Waals surface area contributed by atoms with Crippen LogP contribution < -0.4 is 10.0 Å². The predicted molar refractivity (Wildman–Crippen MR) is 70.2 cm³/mol. The fraction of sp³-hybridized carbons (Fsp3) is 0.182. The Hall–Kier alpha value is -2.26. The van der Waals surface area contributed by atoms with Crippen molar-refractivity contribution in [1.29, 1.82) is 0 Å². The van der Waals surface area contributed by atoms with Gasteiger partial charge in [-0.2, -0.15) is 0 Å². The number of nitrogens with one attached hydrogen (secondary N) is 2. The third-order valence-corrected chi connectivity index (χ3v) is 3.53. The minimum Gasteiger partial charge on any atom is -0.478 e. The lowest BCUT2D eigenvalue weighted by atomic mass is 10.2. The molecule has 0 spiro atoms. The van der Waals surface area contributed by atoms with Crippen LogP contribution in [0.4, 0.5) is 0 Å². The zero-order valence-corrected chi connectivity index (χ0v) is 11.3. The highest BCUT2D eigenvalue weighted by molar-refractivity contribution is 7.89. The number of amides is 1. The second kappa shape index (κ2) is 6.78. The van der Waals surface area contributed by atoms with Gasteiger partial charge in [0.1, 0.15) is 4.90 Å². The van der Waals surface area contributed by atoms with Crippen LogP contribution in [0, 0.1) is 0 Å². The van der Waals surface area contributed by atoms with E-state index in [4.69, 9.17) is 5.11 Å². The first-order valence-electron chi connectivity index (χ1n) is 5.41. The van der Waals surface area contributed by atoms with Crippen molar-refractivity contribution in [3.63, 3.8) is 0 Å². The molecule has 0 saturated carbocycles. The van der Waals surface area contributed by atoms with Crippen LogP contribution in [0.25, 0.3) is 6.08 Å². The number of pyridine rings is 1. The number of carboxylic acids is 1. The van der Waals surface area contributed by atoms with E-state index in [-0.39, 0.29) is 4.90 Å². The third-order valence-electron chi connectivity index (χ3n) is 2.16. The Bertz CT molecular complexity index is 639. The Labute approximate surface area is 115 Å². The van der Waals surface area contributed by atoms with E-state index in [1.165, 1.54) is 25.4 Å². The molecule has 0 saturated heterocycles. The van der Waals surface area contributed by atoms with E-state index in [0.29, 0.717) is 5.56 Å². The number of carbonyl (C=O) groups is 2. The van der Waals surface area contributed by atoms with Crippen molar-refractivity contribution in [2.75, 3.05) is 13.6 Å². The zero-order chi connectivity index (χ0) is 15.2. The molecule has 0 aliphatic rings. The van der Waals surface area contributed by atoms with Crippen LogP contribution in [0.2, 0.25) is 0 Å². The molecule has 0 bridgehead atoms. The van der Waals surface area contributed by atoms with Crippen molar-refractivity contribution in [1.82, 2.24) is 15.0 Å². The van der Waals surface area contributed by atoms with E-state index < -0.39 is 28.4 Å². The van der Waals surface area contributed by atoms with Gasteiger partial charge >= 0.3 is 5.97 Å². The van der Waals surface area contributed by atoms with Gasteiger partial charge in [0.2, 0.25) is 15.9 Å². The molecule has 1 rings (SSSR count). The van der Waals surface area contributed by atoms with Gasteiger partial charge in [0.05, 0.1) is 6.54 Å². The first kappa shape index (κ1) is 15.8. The highest BCUT2D eigenvalue weighted by Gasteiger charge is 2.15. The van der Waals surface area contributed by atoms with Gasteiger partial charge in [-0.3, -0.25) is 9.78 Å². The average molecular weight is 299 g/mol. The van der Waals surface area contributed by atoms with Crippen LogP contribution in [0.3, 0.4) is 0 Å². The Balaban J connectivity index is 2.93. The standard InChI is InChI=1S/C11H13N3O5S/c1-12-10(15)7-14-20(18,19)9-4-8(5-13-6-9)2-3-11(16)17/h2-6,14H,7H2,1H3,(H,12,15)(H,16,17). The number of hydrogen-bond acceptors (Lipinski definition) is 5. The monoisotopic (exact) mass is 299 g/mol. The number of hydrogen-bond donors (Lipinski definition) is 3. The molecule has 1 amide bonds. The molecule has 3 N–H and O–H groups in total. The predicted octanol–water partition coefficient (Wildman–Crippen LogP) is -0.796. The summed E-state index contributed by atoms with van der Waals surface area (Å²) >= 11 is 0. The van der Waals surface area contributed by atoms with Gasteiger partial charge < -0.3 is 10.4 Å². The van der Waals surface area contributed by atoms with E-state index in [2.05, 4.69) is 15.0 Å². The van der Waals surface area contributed by atoms with Gasteiger partial charge in [0.25, 0.3) is 0 Å². The Morgan fingerprint density at radius 3 is 2.70 bits per heavy atom. The van der Waals surface area contributed by atoms with Crippen molar-refractivity contribution in [3.05, 3.63) is 30.1 Å². The maximum atomic E-state index is 11.9. The van der Waals surface area contributed by atoms with Crippen LogP contribution in [-0.2, 0) is 19.6 Å². The molecule has 20 heavy (non-hydrogen) atoms. The van der Waals surface area contributed by atoms with Gasteiger partial charge in [0, 0.05) is 25.5 Å². The van der Waals surface area contributed by atoms with Gasteiger partial charge in [-0.25, -0.2) is 17.9 Å². The third kappa shape index (κ3) is 4.78. The van der Waals surface area contributed by atoms with Crippen LogP contribution in [0.15, 0.2) is 29.4 Å². The number of likely N-dealkylation sites (N-methyl/N-ethyl adjacent to an activating group) is 1. The molecule has 0 aromatic carbocycles. The maximum Gasteiger partial charge on any atom is 0.328 e. The number of sulfonamides is 1. The van der Waals surface area contributed by atoms with E-state index in [1.54, 1.807) is 0 Å². The molecule has 108 valence electrons. The number of carboxylic acid groups (broad SMARTS) is 1. The zero-order valence-electron chi connectivity index (χ0n) is 10.5. The molecule has 9 heteroatoms. The van der Waals surface area contributed by atoms with E-state index >= 15 is 0 Å².